The van der Waals surface area contributed by atoms with E-state index in [0.29, 0.717) is 5.92 Å². The number of hydrogen-bond acceptors (Lipinski definition) is 1. The number of hydrogen-bond donors (Lipinski definition) is 1. The molecular formula is C8H18ClN. The van der Waals surface area contributed by atoms with Gasteiger partial charge in [0.25, 0.3) is 0 Å². The van der Waals surface area contributed by atoms with Gasteiger partial charge in [-0.05, 0) is 25.3 Å². The second-order valence-corrected chi connectivity index (χ2v) is 2.38. The fraction of sp³-hybridized carbons (Fsp3) is 0.750. The number of halogens is 1. The van der Waals surface area contributed by atoms with Gasteiger partial charge in [0.2, 0.25) is 0 Å². The topological polar surface area (TPSA) is 26.0 Å². The van der Waals surface area contributed by atoms with Crippen LogP contribution in [-0.2, 0) is 0 Å². The Morgan fingerprint density at radius 2 is 2.20 bits per heavy atom. The fourth-order valence-electron chi connectivity index (χ4n) is 0.842. The third-order valence-electron chi connectivity index (χ3n) is 1.69. The molecule has 0 aliphatic carbocycles. The minimum atomic E-state index is 0. The van der Waals surface area contributed by atoms with Crippen LogP contribution >= 0.6 is 12.4 Å². The van der Waals surface area contributed by atoms with Gasteiger partial charge in [0.15, 0.2) is 0 Å². The molecule has 2 N–H and O–H groups in total. The molecule has 0 aromatic heterocycles. The predicted molar refractivity (Wildman–Crippen MR) is 49.5 cm³/mol. The molecule has 0 radical (unpaired) electrons. The van der Waals surface area contributed by atoms with Crippen molar-refractivity contribution in [2.24, 2.45) is 11.7 Å². The Morgan fingerprint density at radius 3 is 2.50 bits per heavy atom. The van der Waals surface area contributed by atoms with Gasteiger partial charge in [0, 0.05) is 0 Å². The first-order chi connectivity index (χ1) is 4.35. The lowest BCUT2D eigenvalue weighted by atomic mass is 10.0. The van der Waals surface area contributed by atoms with Crippen molar-refractivity contribution in [3.8, 4) is 0 Å². The highest BCUT2D eigenvalue weighted by molar-refractivity contribution is 5.85. The average molecular weight is 164 g/mol. The monoisotopic (exact) mass is 163 g/mol. The van der Waals surface area contributed by atoms with Gasteiger partial charge in [0.1, 0.15) is 0 Å². The van der Waals surface area contributed by atoms with Crippen LogP contribution in [0.2, 0.25) is 0 Å². The van der Waals surface area contributed by atoms with Gasteiger partial charge >= 0.3 is 0 Å². The quantitative estimate of drug-likeness (QED) is 0.619. The van der Waals surface area contributed by atoms with Gasteiger partial charge in [-0.2, -0.15) is 0 Å². The number of nitrogens with two attached hydrogens (primary N) is 1. The maximum absolute atomic E-state index is 5.49. The van der Waals surface area contributed by atoms with Crippen molar-refractivity contribution in [3.05, 3.63) is 12.7 Å². The molecule has 0 bridgehead atoms. The van der Waals surface area contributed by atoms with Crippen LogP contribution in [0.15, 0.2) is 12.7 Å². The Morgan fingerprint density at radius 1 is 1.60 bits per heavy atom. The van der Waals surface area contributed by atoms with Crippen molar-refractivity contribution in [1.82, 2.24) is 0 Å². The Hall–Kier alpha value is -0.0100. The summed E-state index contributed by atoms with van der Waals surface area (Å²) in [6, 6.07) is 0. The molecule has 1 unspecified atom stereocenters. The molecule has 0 aromatic carbocycles. The van der Waals surface area contributed by atoms with E-state index in [1.54, 1.807) is 0 Å². The molecule has 0 saturated heterocycles. The predicted octanol–water partition coefficient (Wildman–Crippen LogP) is 2.36. The summed E-state index contributed by atoms with van der Waals surface area (Å²) in [4.78, 5) is 0. The van der Waals surface area contributed by atoms with E-state index < -0.39 is 0 Å². The van der Waals surface area contributed by atoms with E-state index in [2.05, 4.69) is 13.5 Å². The third kappa shape index (κ3) is 6.12. The van der Waals surface area contributed by atoms with Crippen molar-refractivity contribution in [2.45, 2.75) is 26.2 Å². The molecule has 62 valence electrons. The lowest BCUT2D eigenvalue weighted by Gasteiger charge is -2.08. The summed E-state index contributed by atoms with van der Waals surface area (Å²) >= 11 is 0. The molecule has 0 fully saturated rings. The Bertz CT molecular complexity index is 69.7. The molecule has 0 aliphatic heterocycles. The first-order valence-corrected chi connectivity index (χ1v) is 3.66. The second-order valence-electron chi connectivity index (χ2n) is 2.38. The minimum Gasteiger partial charge on any atom is -0.330 e. The molecule has 1 nitrogen and oxygen atoms in total. The van der Waals surface area contributed by atoms with Gasteiger partial charge in [-0.15, -0.1) is 19.0 Å². The summed E-state index contributed by atoms with van der Waals surface area (Å²) in [6.07, 6.45) is 5.47. The van der Waals surface area contributed by atoms with Crippen LogP contribution in [0.3, 0.4) is 0 Å². The lowest BCUT2D eigenvalue weighted by Crippen LogP contribution is -2.12. The van der Waals surface area contributed by atoms with Crippen molar-refractivity contribution in [2.75, 3.05) is 6.54 Å². The summed E-state index contributed by atoms with van der Waals surface area (Å²) in [5.74, 6) is 0.711. The first-order valence-electron chi connectivity index (χ1n) is 3.66. The lowest BCUT2D eigenvalue weighted by molar-refractivity contribution is 0.486. The van der Waals surface area contributed by atoms with E-state index in [0.717, 1.165) is 13.0 Å². The maximum atomic E-state index is 5.49. The molecule has 0 rings (SSSR count). The van der Waals surface area contributed by atoms with Gasteiger partial charge in [-0.3, -0.25) is 0 Å². The Kier molecular flexibility index (Phi) is 11.4. The van der Waals surface area contributed by atoms with Crippen LogP contribution in [0.1, 0.15) is 26.2 Å². The zero-order chi connectivity index (χ0) is 7.11. The molecule has 10 heavy (non-hydrogen) atoms. The standard InChI is InChI=1S/C8H17N.ClH/c1-3-5-6-8(4-2)7-9;/h3,8H,1,4-7,9H2,2H3;1H. The molecular weight excluding hydrogens is 146 g/mol. The largest absolute Gasteiger partial charge is 0.330 e. The normalized spacial score (nSPS) is 11.8. The van der Waals surface area contributed by atoms with E-state index in [4.69, 9.17) is 5.73 Å². The van der Waals surface area contributed by atoms with Gasteiger partial charge < -0.3 is 5.73 Å². The Balaban J connectivity index is 0. The van der Waals surface area contributed by atoms with E-state index in [1.807, 2.05) is 6.08 Å². The molecule has 0 aliphatic rings. The molecule has 0 heterocycles. The van der Waals surface area contributed by atoms with Crippen LogP contribution in [0.5, 0.6) is 0 Å². The minimum absolute atomic E-state index is 0. The number of allylic oxidation sites excluding steroid dienone is 1. The number of rotatable bonds is 5. The van der Waals surface area contributed by atoms with Crippen LogP contribution < -0.4 is 5.73 Å². The molecule has 0 aromatic rings. The Labute approximate surface area is 70.1 Å². The average Bonchev–Trinajstić information content (AvgIpc) is 1.91. The van der Waals surface area contributed by atoms with Gasteiger partial charge in [-0.1, -0.05) is 19.4 Å². The molecule has 2 heteroatoms. The highest BCUT2D eigenvalue weighted by Crippen LogP contribution is 2.08. The fourth-order valence-corrected chi connectivity index (χ4v) is 0.842. The third-order valence-corrected chi connectivity index (χ3v) is 1.69. The van der Waals surface area contributed by atoms with Crippen molar-refractivity contribution in [3.63, 3.8) is 0 Å². The molecule has 1 atom stereocenters. The summed E-state index contributed by atoms with van der Waals surface area (Å²) < 4.78 is 0. The SMILES string of the molecule is C=CCCC(CC)CN.Cl. The van der Waals surface area contributed by atoms with Crippen molar-refractivity contribution in [1.29, 1.82) is 0 Å². The molecule has 0 saturated carbocycles. The van der Waals surface area contributed by atoms with Gasteiger partial charge in [0.05, 0.1) is 0 Å². The highest BCUT2D eigenvalue weighted by Gasteiger charge is 1.99. The van der Waals surface area contributed by atoms with Crippen molar-refractivity contribution < 1.29 is 0 Å². The van der Waals surface area contributed by atoms with Gasteiger partial charge in [-0.25, -0.2) is 0 Å². The van der Waals surface area contributed by atoms with Crippen LogP contribution in [-0.4, -0.2) is 6.54 Å². The highest BCUT2D eigenvalue weighted by atomic mass is 35.5. The summed E-state index contributed by atoms with van der Waals surface area (Å²) in [5.41, 5.74) is 5.49. The first kappa shape index (κ1) is 12.6. The van der Waals surface area contributed by atoms with E-state index in [1.165, 1.54) is 12.8 Å². The maximum Gasteiger partial charge on any atom is -0.00489 e. The second kappa shape index (κ2) is 8.99. The summed E-state index contributed by atoms with van der Waals surface area (Å²) in [6.45, 7) is 6.67. The van der Waals surface area contributed by atoms with Crippen LogP contribution in [0, 0.1) is 5.92 Å². The zero-order valence-corrected chi connectivity index (χ0v) is 7.49. The molecule has 0 amide bonds. The summed E-state index contributed by atoms with van der Waals surface area (Å²) in [7, 11) is 0. The smallest absolute Gasteiger partial charge is 0.00489 e. The van der Waals surface area contributed by atoms with Crippen molar-refractivity contribution >= 4 is 12.4 Å². The zero-order valence-electron chi connectivity index (χ0n) is 6.68. The summed E-state index contributed by atoms with van der Waals surface area (Å²) in [5, 5.41) is 0. The van der Waals surface area contributed by atoms with E-state index >= 15 is 0 Å². The molecule has 0 spiro atoms. The van der Waals surface area contributed by atoms with E-state index in [9.17, 15) is 0 Å². The van der Waals surface area contributed by atoms with Crippen LogP contribution in [0.4, 0.5) is 0 Å². The van der Waals surface area contributed by atoms with Crippen LogP contribution in [0.25, 0.3) is 0 Å². The van der Waals surface area contributed by atoms with E-state index in [-0.39, 0.29) is 12.4 Å².